The number of guanidine groups is 1. The summed E-state index contributed by atoms with van der Waals surface area (Å²) in [6.45, 7) is 6.24. The van der Waals surface area contributed by atoms with E-state index in [1.54, 1.807) is 18.5 Å². The minimum atomic E-state index is -0.153. The predicted octanol–water partition coefficient (Wildman–Crippen LogP) is 2.89. The molecule has 0 fully saturated rings. The Kier molecular flexibility index (Phi) is 6.04. The molecule has 0 aliphatic heterocycles. The fourth-order valence-electron chi connectivity index (χ4n) is 2.71. The van der Waals surface area contributed by atoms with Crippen molar-refractivity contribution in [3.63, 3.8) is 0 Å². The molecular formula is C20H24N6O. The quantitative estimate of drug-likeness (QED) is 0.400. The average molecular weight is 364 g/mol. The highest BCUT2D eigenvalue weighted by atomic mass is 16.1. The summed E-state index contributed by atoms with van der Waals surface area (Å²) in [5.74, 6) is 0.634. The number of carbonyl (C=O) groups is 1. The Bertz CT molecular complexity index is 921. The van der Waals surface area contributed by atoms with E-state index in [9.17, 15) is 4.79 Å². The van der Waals surface area contributed by atoms with Gasteiger partial charge in [-0.2, -0.15) is 0 Å². The highest BCUT2D eigenvalue weighted by Crippen LogP contribution is 2.21. The zero-order valence-corrected chi connectivity index (χ0v) is 15.5. The van der Waals surface area contributed by atoms with Crippen molar-refractivity contribution in [1.29, 1.82) is 0 Å². The molecule has 1 amide bonds. The van der Waals surface area contributed by atoms with Gasteiger partial charge in [0.1, 0.15) is 5.65 Å². The van der Waals surface area contributed by atoms with Gasteiger partial charge in [-0.15, -0.1) is 0 Å². The first kappa shape index (κ1) is 18.4. The van der Waals surface area contributed by atoms with Crippen molar-refractivity contribution in [2.45, 2.75) is 20.4 Å². The third-order valence-electron chi connectivity index (χ3n) is 4.03. The van der Waals surface area contributed by atoms with Gasteiger partial charge in [-0.1, -0.05) is 12.1 Å². The third-order valence-corrected chi connectivity index (χ3v) is 4.03. The van der Waals surface area contributed by atoms with Crippen LogP contribution in [0.5, 0.6) is 0 Å². The molecule has 0 saturated carbocycles. The molecule has 140 valence electrons. The number of carbonyl (C=O) groups excluding carboxylic acids is 1. The van der Waals surface area contributed by atoms with Gasteiger partial charge in [-0.25, -0.2) is 9.98 Å². The number of rotatable bonds is 6. The number of aromatic nitrogens is 2. The standard InChI is InChI=1S/C20H24N6O/c1-3-21-20(22-4-2)25-13-14-5-7-15(8-6-14)19(27)26-17-10-12-24-18-16(17)9-11-23-18/h5-12H,3-4,13H2,1-2H3,(H2,21,22,25)(H2,23,24,26,27). The summed E-state index contributed by atoms with van der Waals surface area (Å²) in [5.41, 5.74) is 3.12. The lowest BCUT2D eigenvalue weighted by Gasteiger charge is -2.09. The monoisotopic (exact) mass is 364 g/mol. The molecule has 4 N–H and O–H groups in total. The fourth-order valence-corrected chi connectivity index (χ4v) is 2.71. The molecule has 1 aromatic carbocycles. The molecule has 0 bridgehead atoms. The number of hydrogen-bond acceptors (Lipinski definition) is 3. The molecule has 7 heteroatoms. The lowest BCUT2D eigenvalue weighted by atomic mass is 10.1. The van der Waals surface area contributed by atoms with Crippen LogP contribution in [-0.2, 0) is 6.54 Å². The van der Waals surface area contributed by atoms with E-state index in [2.05, 4.69) is 30.9 Å². The Balaban J connectivity index is 1.67. The van der Waals surface area contributed by atoms with Crippen LogP contribution in [0.2, 0.25) is 0 Å². The molecule has 7 nitrogen and oxygen atoms in total. The van der Waals surface area contributed by atoms with Gasteiger partial charge < -0.3 is 20.9 Å². The van der Waals surface area contributed by atoms with E-state index in [1.165, 1.54) is 0 Å². The van der Waals surface area contributed by atoms with Gasteiger partial charge in [0.05, 0.1) is 12.2 Å². The molecule has 2 aromatic heterocycles. The Hall–Kier alpha value is -3.35. The number of nitrogens with one attached hydrogen (secondary N) is 4. The number of amides is 1. The molecule has 0 radical (unpaired) electrons. The number of pyridine rings is 1. The first-order chi connectivity index (χ1) is 13.2. The highest BCUT2D eigenvalue weighted by molar-refractivity contribution is 6.08. The van der Waals surface area contributed by atoms with Gasteiger partial charge in [-0.3, -0.25) is 4.79 Å². The van der Waals surface area contributed by atoms with E-state index in [0.717, 1.165) is 41.3 Å². The molecule has 27 heavy (non-hydrogen) atoms. The Labute approximate surface area is 158 Å². The number of nitrogens with zero attached hydrogens (tertiary/aromatic N) is 2. The van der Waals surface area contributed by atoms with Crippen LogP contribution in [0.1, 0.15) is 29.8 Å². The lowest BCUT2D eigenvalue weighted by Crippen LogP contribution is -2.36. The van der Waals surface area contributed by atoms with E-state index in [0.29, 0.717) is 12.1 Å². The molecule has 0 unspecified atom stereocenters. The number of aliphatic imine (C=N–C) groups is 1. The molecule has 2 heterocycles. The van der Waals surface area contributed by atoms with Crippen molar-refractivity contribution >= 4 is 28.6 Å². The van der Waals surface area contributed by atoms with Crippen LogP contribution in [0, 0.1) is 0 Å². The molecule has 3 rings (SSSR count). The zero-order chi connectivity index (χ0) is 19.1. The summed E-state index contributed by atoms with van der Waals surface area (Å²) < 4.78 is 0. The van der Waals surface area contributed by atoms with Crippen molar-refractivity contribution in [1.82, 2.24) is 20.6 Å². The number of benzene rings is 1. The van der Waals surface area contributed by atoms with E-state index in [4.69, 9.17) is 0 Å². The van der Waals surface area contributed by atoms with E-state index < -0.39 is 0 Å². The first-order valence-corrected chi connectivity index (χ1v) is 9.05. The summed E-state index contributed by atoms with van der Waals surface area (Å²) in [5, 5.41) is 10.2. The molecule has 0 atom stereocenters. The second-order valence-corrected chi connectivity index (χ2v) is 5.98. The van der Waals surface area contributed by atoms with Crippen molar-refractivity contribution in [3.05, 3.63) is 59.9 Å². The zero-order valence-electron chi connectivity index (χ0n) is 15.5. The lowest BCUT2D eigenvalue weighted by molar-refractivity contribution is 0.102. The first-order valence-electron chi connectivity index (χ1n) is 9.05. The van der Waals surface area contributed by atoms with Gasteiger partial charge in [0.2, 0.25) is 0 Å². The molecular weight excluding hydrogens is 340 g/mol. The molecule has 0 saturated heterocycles. The number of fused-ring (bicyclic) bond motifs is 1. The van der Waals surface area contributed by atoms with E-state index in [-0.39, 0.29) is 5.91 Å². The summed E-state index contributed by atoms with van der Waals surface area (Å²) in [6.07, 6.45) is 3.47. The average Bonchev–Trinajstić information content (AvgIpc) is 3.17. The maximum Gasteiger partial charge on any atom is 0.255 e. The van der Waals surface area contributed by atoms with Gasteiger partial charge in [0.25, 0.3) is 5.91 Å². The third kappa shape index (κ3) is 4.63. The van der Waals surface area contributed by atoms with Crippen LogP contribution in [0.25, 0.3) is 11.0 Å². The number of hydrogen-bond donors (Lipinski definition) is 4. The predicted molar refractivity (Wildman–Crippen MR) is 109 cm³/mol. The Morgan fingerprint density at radius 3 is 2.52 bits per heavy atom. The highest BCUT2D eigenvalue weighted by Gasteiger charge is 2.09. The van der Waals surface area contributed by atoms with Crippen LogP contribution in [-0.4, -0.2) is 34.9 Å². The maximum absolute atomic E-state index is 12.5. The van der Waals surface area contributed by atoms with Crippen LogP contribution in [0.15, 0.2) is 53.8 Å². The number of anilines is 1. The SMILES string of the molecule is CCNC(=NCc1ccc(C(=O)Nc2ccnc3[nH]ccc23)cc1)NCC. The second-order valence-electron chi connectivity index (χ2n) is 5.98. The van der Waals surface area contributed by atoms with Gasteiger partial charge in [0, 0.05) is 36.4 Å². The number of H-pyrrole nitrogens is 1. The molecule has 3 aromatic rings. The smallest absolute Gasteiger partial charge is 0.255 e. The minimum Gasteiger partial charge on any atom is -0.357 e. The summed E-state index contributed by atoms with van der Waals surface area (Å²) in [4.78, 5) is 24.3. The van der Waals surface area contributed by atoms with Crippen LogP contribution in [0.4, 0.5) is 5.69 Å². The van der Waals surface area contributed by atoms with Crippen LogP contribution < -0.4 is 16.0 Å². The van der Waals surface area contributed by atoms with Crippen molar-refractivity contribution in [2.24, 2.45) is 4.99 Å². The fraction of sp³-hybridized carbons (Fsp3) is 0.250. The van der Waals surface area contributed by atoms with Gasteiger partial charge >= 0.3 is 0 Å². The minimum absolute atomic E-state index is 0.153. The summed E-state index contributed by atoms with van der Waals surface area (Å²) in [6, 6.07) is 11.2. The molecule has 0 aliphatic rings. The van der Waals surface area contributed by atoms with E-state index >= 15 is 0 Å². The van der Waals surface area contributed by atoms with Crippen molar-refractivity contribution in [2.75, 3.05) is 18.4 Å². The summed E-state index contributed by atoms with van der Waals surface area (Å²) >= 11 is 0. The van der Waals surface area contributed by atoms with Crippen LogP contribution in [0.3, 0.4) is 0 Å². The maximum atomic E-state index is 12.5. The van der Waals surface area contributed by atoms with Gasteiger partial charge in [-0.05, 0) is 43.7 Å². The Morgan fingerprint density at radius 2 is 1.81 bits per heavy atom. The van der Waals surface area contributed by atoms with E-state index in [1.807, 2.05) is 44.2 Å². The van der Waals surface area contributed by atoms with Crippen molar-refractivity contribution in [3.8, 4) is 0 Å². The Morgan fingerprint density at radius 1 is 1.07 bits per heavy atom. The summed E-state index contributed by atoms with van der Waals surface area (Å²) in [7, 11) is 0. The second kappa shape index (κ2) is 8.84. The largest absolute Gasteiger partial charge is 0.357 e. The normalized spacial score (nSPS) is 10.4. The number of aromatic amines is 1. The molecule has 0 spiro atoms. The van der Waals surface area contributed by atoms with Crippen molar-refractivity contribution < 1.29 is 4.79 Å². The van der Waals surface area contributed by atoms with Crippen LogP contribution >= 0.6 is 0 Å². The van der Waals surface area contributed by atoms with Gasteiger partial charge in [0.15, 0.2) is 5.96 Å². The molecule has 0 aliphatic carbocycles. The topological polar surface area (TPSA) is 94.2 Å².